The number of rotatable bonds is 5. The third-order valence-corrected chi connectivity index (χ3v) is 4.28. The minimum Gasteiger partial charge on any atom is -0.350 e. The van der Waals surface area contributed by atoms with Gasteiger partial charge >= 0.3 is 0 Å². The smallest absolute Gasteiger partial charge is 0.254 e. The van der Waals surface area contributed by atoms with Crippen LogP contribution in [0.15, 0.2) is 36.4 Å². The van der Waals surface area contributed by atoms with Crippen molar-refractivity contribution in [3.8, 4) is 0 Å². The highest BCUT2D eigenvalue weighted by Gasteiger charge is 2.23. The van der Waals surface area contributed by atoms with Gasteiger partial charge in [-0.3, -0.25) is 9.59 Å². The average Bonchev–Trinajstić information content (AvgIpc) is 2.62. The molecule has 2 amide bonds. The minimum absolute atomic E-state index is 0.00925. The Labute approximate surface area is 162 Å². The second-order valence-electron chi connectivity index (χ2n) is 7.42. The Balaban J connectivity index is 2.15. The molecule has 28 heavy (non-hydrogen) atoms. The quantitative estimate of drug-likeness (QED) is 0.776. The van der Waals surface area contributed by atoms with Crippen LogP contribution < -0.4 is 10.2 Å². The standard InChI is InChI=1S/C21H23F3N2O2/c1-13(27)26(17-8-6-5-7-15(17)21(2,3)4)12-11-25-20(28)14-9-10-16(22)19(24)18(14)23/h5-10H,11-12H2,1-4H3,(H,25,28). The van der Waals surface area contributed by atoms with E-state index in [-0.39, 0.29) is 24.4 Å². The van der Waals surface area contributed by atoms with Gasteiger partial charge in [0.05, 0.1) is 5.56 Å². The number of nitrogens with one attached hydrogen (secondary N) is 1. The Hall–Kier alpha value is -2.83. The molecule has 7 heteroatoms. The zero-order valence-corrected chi connectivity index (χ0v) is 16.3. The molecule has 0 aromatic heterocycles. The SMILES string of the molecule is CC(=O)N(CCNC(=O)c1ccc(F)c(F)c1F)c1ccccc1C(C)(C)C. The van der Waals surface area contributed by atoms with E-state index >= 15 is 0 Å². The van der Waals surface area contributed by atoms with Crippen LogP contribution >= 0.6 is 0 Å². The number of hydrogen-bond acceptors (Lipinski definition) is 2. The second-order valence-corrected chi connectivity index (χ2v) is 7.42. The third-order valence-electron chi connectivity index (χ3n) is 4.28. The van der Waals surface area contributed by atoms with Gasteiger partial charge in [0.1, 0.15) is 0 Å². The van der Waals surface area contributed by atoms with Crippen molar-refractivity contribution in [2.75, 3.05) is 18.0 Å². The van der Waals surface area contributed by atoms with Crippen molar-refractivity contribution in [1.29, 1.82) is 0 Å². The topological polar surface area (TPSA) is 49.4 Å². The third kappa shape index (κ3) is 4.71. The molecule has 0 unspecified atom stereocenters. The Kier molecular flexibility index (Phi) is 6.48. The molecule has 0 aliphatic carbocycles. The van der Waals surface area contributed by atoms with Crippen molar-refractivity contribution >= 4 is 17.5 Å². The lowest BCUT2D eigenvalue weighted by molar-refractivity contribution is -0.116. The molecule has 4 nitrogen and oxygen atoms in total. The summed E-state index contributed by atoms with van der Waals surface area (Å²) in [6.45, 7) is 7.64. The number of amides is 2. The summed E-state index contributed by atoms with van der Waals surface area (Å²) < 4.78 is 40.0. The maximum absolute atomic E-state index is 13.7. The molecule has 0 saturated heterocycles. The normalized spacial score (nSPS) is 11.2. The van der Waals surface area contributed by atoms with Gasteiger partial charge < -0.3 is 10.2 Å². The molecule has 0 aliphatic heterocycles. The van der Waals surface area contributed by atoms with Gasteiger partial charge in [0.2, 0.25) is 5.91 Å². The number of nitrogens with zero attached hydrogens (tertiary/aromatic N) is 1. The van der Waals surface area contributed by atoms with E-state index < -0.39 is 28.9 Å². The van der Waals surface area contributed by atoms with Crippen molar-refractivity contribution < 1.29 is 22.8 Å². The summed E-state index contributed by atoms with van der Waals surface area (Å²) in [4.78, 5) is 25.8. The van der Waals surface area contributed by atoms with Crippen LogP contribution in [0.2, 0.25) is 0 Å². The Morgan fingerprint density at radius 2 is 1.64 bits per heavy atom. The van der Waals surface area contributed by atoms with Gasteiger partial charge in [-0.25, -0.2) is 13.2 Å². The van der Waals surface area contributed by atoms with Crippen LogP contribution in [0.1, 0.15) is 43.6 Å². The van der Waals surface area contributed by atoms with Crippen LogP contribution in [0.4, 0.5) is 18.9 Å². The molecule has 2 aromatic carbocycles. The second kappa shape index (κ2) is 8.46. The number of halogens is 3. The number of benzene rings is 2. The largest absolute Gasteiger partial charge is 0.350 e. The minimum atomic E-state index is -1.70. The maximum Gasteiger partial charge on any atom is 0.254 e. The van der Waals surface area contributed by atoms with E-state index in [0.29, 0.717) is 6.07 Å². The van der Waals surface area contributed by atoms with Crippen LogP contribution in [0.5, 0.6) is 0 Å². The first-order valence-corrected chi connectivity index (χ1v) is 8.83. The van der Waals surface area contributed by atoms with Gasteiger partial charge in [-0.2, -0.15) is 0 Å². The fourth-order valence-corrected chi connectivity index (χ4v) is 2.87. The van der Waals surface area contributed by atoms with Gasteiger partial charge in [-0.05, 0) is 29.2 Å². The molecular weight excluding hydrogens is 369 g/mol. The molecular formula is C21H23F3N2O2. The summed E-state index contributed by atoms with van der Waals surface area (Å²) in [6.07, 6.45) is 0. The molecule has 0 radical (unpaired) electrons. The van der Waals surface area contributed by atoms with E-state index in [4.69, 9.17) is 0 Å². The van der Waals surface area contributed by atoms with E-state index in [1.54, 1.807) is 0 Å². The molecule has 0 aliphatic rings. The molecule has 0 saturated carbocycles. The molecule has 0 atom stereocenters. The molecule has 0 fully saturated rings. The molecule has 0 spiro atoms. The Bertz CT molecular complexity index is 892. The number of carbonyl (C=O) groups is 2. The van der Waals surface area contributed by atoms with Crippen molar-refractivity contribution in [3.05, 3.63) is 65.0 Å². The Morgan fingerprint density at radius 1 is 1.00 bits per heavy atom. The van der Waals surface area contributed by atoms with E-state index in [9.17, 15) is 22.8 Å². The first-order chi connectivity index (χ1) is 13.0. The summed E-state index contributed by atoms with van der Waals surface area (Å²) in [7, 11) is 0. The lowest BCUT2D eigenvalue weighted by Gasteiger charge is -2.29. The van der Waals surface area contributed by atoms with Crippen molar-refractivity contribution in [1.82, 2.24) is 5.32 Å². The highest BCUT2D eigenvalue weighted by atomic mass is 19.2. The number of anilines is 1. The van der Waals surface area contributed by atoms with Crippen LogP contribution in [0.25, 0.3) is 0 Å². The molecule has 0 bridgehead atoms. The van der Waals surface area contributed by atoms with Gasteiger partial charge in [0.15, 0.2) is 17.5 Å². The zero-order valence-electron chi connectivity index (χ0n) is 16.3. The van der Waals surface area contributed by atoms with Crippen molar-refractivity contribution in [2.45, 2.75) is 33.1 Å². The monoisotopic (exact) mass is 392 g/mol. The molecule has 2 rings (SSSR count). The van der Waals surface area contributed by atoms with E-state index in [1.165, 1.54) is 11.8 Å². The number of carbonyl (C=O) groups excluding carboxylic acids is 2. The van der Waals surface area contributed by atoms with Gasteiger partial charge in [0.25, 0.3) is 5.91 Å². The van der Waals surface area contributed by atoms with Gasteiger partial charge in [0, 0.05) is 25.7 Å². The highest BCUT2D eigenvalue weighted by molar-refractivity contribution is 5.95. The van der Waals surface area contributed by atoms with Crippen molar-refractivity contribution in [3.63, 3.8) is 0 Å². The average molecular weight is 392 g/mol. The fraction of sp³-hybridized carbons (Fsp3) is 0.333. The van der Waals surface area contributed by atoms with Crippen molar-refractivity contribution in [2.24, 2.45) is 0 Å². The first-order valence-electron chi connectivity index (χ1n) is 8.83. The van der Waals surface area contributed by atoms with Crippen LogP contribution in [0.3, 0.4) is 0 Å². The molecule has 0 heterocycles. The lowest BCUT2D eigenvalue weighted by atomic mass is 9.85. The molecule has 2 aromatic rings. The van der Waals surface area contributed by atoms with E-state index in [2.05, 4.69) is 5.32 Å². The maximum atomic E-state index is 13.7. The lowest BCUT2D eigenvalue weighted by Crippen LogP contribution is -2.39. The van der Waals surface area contributed by atoms with Gasteiger partial charge in [-0.15, -0.1) is 0 Å². The van der Waals surface area contributed by atoms with E-state index in [1.807, 2.05) is 45.0 Å². The highest BCUT2D eigenvalue weighted by Crippen LogP contribution is 2.31. The predicted octanol–water partition coefficient (Wildman–Crippen LogP) is 4.18. The summed E-state index contributed by atoms with van der Waals surface area (Å²) in [6, 6.07) is 9.01. The van der Waals surface area contributed by atoms with Crippen LogP contribution in [0, 0.1) is 17.5 Å². The molecule has 150 valence electrons. The van der Waals surface area contributed by atoms with E-state index in [0.717, 1.165) is 17.3 Å². The summed E-state index contributed by atoms with van der Waals surface area (Å²) in [5.41, 5.74) is 0.879. The first kappa shape index (κ1) is 21.5. The summed E-state index contributed by atoms with van der Waals surface area (Å²) in [5, 5.41) is 2.44. The fourth-order valence-electron chi connectivity index (χ4n) is 2.87. The summed E-state index contributed by atoms with van der Waals surface area (Å²) in [5.74, 6) is -5.71. The van der Waals surface area contributed by atoms with Crippen LogP contribution in [-0.2, 0) is 10.2 Å². The number of hydrogen-bond donors (Lipinski definition) is 1. The van der Waals surface area contributed by atoms with Gasteiger partial charge in [-0.1, -0.05) is 39.0 Å². The number of para-hydroxylation sites is 1. The summed E-state index contributed by atoms with van der Waals surface area (Å²) >= 11 is 0. The van der Waals surface area contributed by atoms with Crippen LogP contribution in [-0.4, -0.2) is 24.9 Å². The predicted molar refractivity (Wildman–Crippen MR) is 102 cm³/mol. The zero-order chi connectivity index (χ0) is 21.1. The Morgan fingerprint density at radius 3 is 2.25 bits per heavy atom. The molecule has 1 N–H and O–H groups in total.